The fourth-order valence-corrected chi connectivity index (χ4v) is 1.97. The number of carboxylic acid groups (broad SMARTS) is 1. The van der Waals surface area contributed by atoms with Gasteiger partial charge >= 0.3 is 12.1 Å². The number of rotatable bonds is 2. The zero-order chi connectivity index (χ0) is 13.7. The third-order valence-corrected chi connectivity index (χ3v) is 2.58. The van der Waals surface area contributed by atoms with Crippen molar-refractivity contribution in [3.8, 4) is 0 Å². The molecule has 0 fully saturated rings. The summed E-state index contributed by atoms with van der Waals surface area (Å²) in [5.41, 5.74) is -2.38. The lowest BCUT2D eigenvalue weighted by Crippen LogP contribution is -2.21. The van der Waals surface area contributed by atoms with E-state index in [0.717, 1.165) is 0 Å². The van der Waals surface area contributed by atoms with E-state index >= 15 is 0 Å². The van der Waals surface area contributed by atoms with Crippen molar-refractivity contribution in [3.05, 3.63) is 17.0 Å². The van der Waals surface area contributed by atoms with Gasteiger partial charge in [0.1, 0.15) is 6.54 Å². The molecule has 1 aromatic rings. The van der Waals surface area contributed by atoms with Crippen LogP contribution >= 0.6 is 0 Å². The summed E-state index contributed by atoms with van der Waals surface area (Å²) < 4.78 is 64.4. The number of aromatic nitrogens is 2. The molecule has 4 nitrogen and oxygen atoms in total. The normalized spacial score (nSPS) is 17.8. The Labute approximate surface area is 97.0 Å². The number of halogens is 5. The number of nitrogens with zero attached hydrogens (tertiary/aromatic N) is 2. The summed E-state index contributed by atoms with van der Waals surface area (Å²) in [4.78, 5) is 10.5. The number of aliphatic carboxylic acids is 1. The molecule has 2 rings (SSSR count). The number of hydrogen-bond acceptors (Lipinski definition) is 2. The van der Waals surface area contributed by atoms with E-state index < -0.39 is 48.7 Å². The summed E-state index contributed by atoms with van der Waals surface area (Å²) in [6.07, 6.45) is -6.84. The zero-order valence-corrected chi connectivity index (χ0v) is 8.76. The van der Waals surface area contributed by atoms with Gasteiger partial charge in [-0.25, -0.2) is 8.78 Å². The summed E-state index contributed by atoms with van der Waals surface area (Å²) in [6.45, 7) is -0.867. The third kappa shape index (κ3) is 2.16. The molecule has 0 atom stereocenters. The van der Waals surface area contributed by atoms with Gasteiger partial charge < -0.3 is 5.11 Å². The average molecular weight is 270 g/mol. The Hall–Kier alpha value is -1.67. The first-order valence-electron chi connectivity index (χ1n) is 4.85. The van der Waals surface area contributed by atoms with Crippen molar-refractivity contribution < 1.29 is 31.9 Å². The monoisotopic (exact) mass is 270 g/mol. The Balaban J connectivity index is 2.50. The predicted octanol–water partition coefficient (Wildman–Crippen LogP) is 1.72. The van der Waals surface area contributed by atoms with Gasteiger partial charge in [0, 0.05) is 17.7 Å². The molecule has 100 valence electrons. The van der Waals surface area contributed by atoms with Crippen molar-refractivity contribution in [2.45, 2.75) is 31.5 Å². The van der Waals surface area contributed by atoms with Crippen molar-refractivity contribution >= 4 is 5.97 Å². The molecule has 0 unspecified atom stereocenters. The van der Waals surface area contributed by atoms with E-state index in [2.05, 4.69) is 5.10 Å². The standard InChI is InChI=1S/C9H7F5N2O2/c10-8(11)1-4-5(2-8)16(3-6(17)18)15-7(4)9(12,13)14/h1-3H2,(H,17,18). The van der Waals surface area contributed by atoms with E-state index in [1.165, 1.54) is 0 Å². The Morgan fingerprint density at radius 1 is 1.39 bits per heavy atom. The Morgan fingerprint density at radius 2 is 2.00 bits per heavy atom. The highest BCUT2D eigenvalue weighted by Crippen LogP contribution is 2.41. The lowest BCUT2D eigenvalue weighted by atomic mass is 10.2. The minimum Gasteiger partial charge on any atom is -0.480 e. The molecule has 1 aliphatic carbocycles. The topological polar surface area (TPSA) is 55.1 Å². The van der Waals surface area contributed by atoms with E-state index in [-0.39, 0.29) is 5.69 Å². The molecule has 1 aliphatic rings. The highest BCUT2D eigenvalue weighted by molar-refractivity contribution is 5.66. The van der Waals surface area contributed by atoms with Gasteiger partial charge in [0.15, 0.2) is 5.69 Å². The molecule has 18 heavy (non-hydrogen) atoms. The van der Waals surface area contributed by atoms with Crippen molar-refractivity contribution in [3.63, 3.8) is 0 Å². The first kappa shape index (κ1) is 12.8. The summed E-state index contributed by atoms with van der Waals surface area (Å²) >= 11 is 0. The van der Waals surface area contributed by atoms with Crippen LogP contribution in [0.1, 0.15) is 17.0 Å². The minimum absolute atomic E-state index is 0.352. The number of fused-ring (bicyclic) bond motifs is 1. The van der Waals surface area contributed by atoms with Crippen LogP contribution in [0.5, 0.6) is 0 Å². The number of carboxylic acids is 1. The van der Waals surface area contributed by atoms with E-state index in [4.69, 9.17) is 5.11 Å². The van der Waals surface area contributed by atoms with Crippen LogP contribution < -0.4 is 0 Å². The maximum absolute atomic E-state index is 13.1. The molecule has 0 spiro atoms. The van der Waals surface area contributed by atoms with Gasteiger partial charge in [-0.05, 0) is 0 Å². The van der Waals surface area contributed by atoms with Crippen LogP contribution in [0.3, 0.4) is 0 Å². The first-order chi connectivity index (χ1) is 8.10. The highest BCUT2D eigenvalue weighted by atomic mass is 19.4. The Kier molecular flexibility index (Phi) is 2.60. The van der Waals surface area contributed by atoms with Gasteiger partial charge in [-0.15, -0.1) is 0 Å². The van der Waals surface area contributed by atoms with Crippen LogP contribution in [-0.4, -0.2) is 26.8 Å². The van der Waals surface area contributed by atoms with Gasteiger partial charge in [-0.3, -0.25) is 9.48 Å². The molecule has 0 saturated heterocycles. The summed E-state index contributed by atoms with van der Waals surface area (Å²) in [6, 6.07) is 0. The lowest BCUT2D eigenvalue weighted by molar-refractivity contribution is -0.144. The van der Waals surface area contributed by atoms with Crippen LogP contribution in [0.2, 0.25) is 0 Å². The second kappa shape index (κ2) is 3.66. The fourth-order valence-electron chi connectivity index (χ4n) is 1.97. The molecule has 0 radical (unpaired) electrons. The maximum Gasteiger partial charge on any atom is 0.435 e. The second-order valence-electron chi connectivity index (χ2n) is 4.03. The van der Waals surface area contributed by atoms with E-state index in [0.29, 0.717) is 4.68 Å². The van der Waals surface area contributed by atoms with Gasteiger partial charge in [0.05, 0.1) is 6.42 Å². The summed E-state index contributed by atoms with van der Waals surface area (Å²) in [7, 11) is 0. The van der Waals surface area contributed by atoms with Gasteiger partial charge in [-0.2, -0.15) is 18.3 Å². The molecule has 0 aromatic carbocycles. The molecular formula is C9H7F5N2O2. The minimum atomic E-state index is -4.87. The van der Waals surface area contributed by atoms with Gasteiger partial charge in [0.2, 0.25) is 0 Å². The predicted molar refractivity (Wildman–Crippen MR) is 47.2 cm³/mol. The van der Waals surface area contributed by atoms with Crippen molar-refractivity contribution in [2.75, 3.05) is 0 Å². The summed E-state index contributed by atoms with van der Waals surface area (Å²) in [5.74, 6) is -4.72. The van der Waals surface area contributed by atoms with Crippen molar-refractivity contribution in [1.29, 1.82) is 0 Å². The molecular weight excluding hydrogens is 263 g/mol. The maximum atomic E-state index is 13.1. The molecule has 0 saturated carbocycles. The average Bonchev–Trinajstić information content (AvgIpc) is 2.59. The van der Waals surface area contributed by atoms with E-state index in [1.54, 1.807) is 0 Å². The number of carbonyl (C=O) groups is 1. The second-order valence-corrected chi connectivity index (χ2v) is 4.03. The van der Waals surface area contributed by atoms with Gasteiger partial charge in [-0.1, -0.05) is 0 Å². The molecule has 1 heterocycles. The molecule has 1 aromatic heterocycles. The Bertz CT molecular complexity index is 506. The molecule has 0 amide bonds. The van der Waals surface area contributed by atoms with Crippen LogP contribution in [0, 0.1) is 0 Å². The number of alkyl halides is 5. The Morgan fingerprint density at radius 3 is 2.50 bits per heavy atom. The quantitative estimate of drug-likeness (QED) is 0.832. The van der Waals surface area contributed by atoms with Crippen LogP contribution in [0.25, 0.3) is 0 Å². The fraction of sp³-hybridized carbons (Fsp3) is 0.556. The SMILES string of the molecule is O=C(O)Cn1nc(C(F)(F)F)c2c1CC(F)(F)C2. The van der Waals surface area contributed by atoms with Crippen LogP contribution in [0.15, 0.2) is 0 Å². The van der Waals surface area contributed by atoms with Crippen molar-refractivity contribution in [2.24, 2.45) is 0 Å². The summed E-state index contributed by atoms with van der Waals surface area (Å²) in [5, 5.41) is 11.6. The van der Waals surface area contributed by atoms with Crippen LogP contribution in [-0.2, 0) is 30.4 Å². The van der Waals surface area contributed by atoms with Crippen LogP contribution in [0.4, 0.5) is 22.0 Å². The number of hydrogen-bond donors (Lipinski definition) is 1. The molecule has 9 heteroatoms. The first-order valence-corrected chi connectivity index (χ1v) is 4.85. The molecule has 0 aliphatic heterocycles. The zero-order valence-electron chi connectivity index (χ0n) is 8.76. The smallest absolute Gasteiger partial charge is 0.435 e. The molecule has 1 N–H and O–H groups in total. The van der Waals surface area contributed by atoms with E-state index in [1.807, 2.05) is 0 Å². The van der Waals surface area contributed by atoms with Gasteiger partial charge in [0.25, 0.3) is 5.92 Å². The lowest BCUT2D eigenvalue weighted by Gasteiger charge is -2.09. The van der Waals surface area contributed by atoms with Crippen molar-refractivity contribution in [1.82, 2.24) is 9.78 Å². The van der Waals surface area contributed by atoms with E-state index in [9.17, 15) is 26.7 Å². The molecule has 0 bridgehead atoms. The third-order valence-electron chi connectivity index (χ3n) is 2.58. The highest BCUT2D eigenvalue weighted by Gasteiger charge is 2.48. The largest absolute Gasteiger partial charge is 0.480 e.